The highest BCUT2D eigenvalue weighted by atomic mass is 32.2. The largest absolute Gasteiger partial charge is 0.240 e. The van der Waals surface area contributed by atoms with Crippen LogP contribution in [-0.2, 0) is 22.9 Å². The quantitative estimate of drug-likeness (QED) is 0.828. The predicted octanol–water partition coefficient (Wildman–Crippen LogP) is 1.47. The number of nitrogens with one attached hydrogen (secondary N) is 1. The average Bonchev–Trinajstić information content (AvgIpc) is 2.28. The van der Waals surface area contributed by atoms with Gasteiger partial charge >= 0.3 is 0 Å². The second-order valence-corrected chi connectivity index (χ2v) is 5.66. The molecule has 0 saturated carbocycles. The van der Waals surface area contributed by atoms with Crippen LogP contribution >= 0.6 is 0 Å². The molecule has 1 aromatic rings. The molecular weight excluding hydrogens is 210 g/mol. The standard InChI is InChI=1S/C11H15NO2S/c1-12-15(13,14)11-8-4-6-9-5-2-3-7-10(9)11/h4,6,8,12H,2-3,5,7H2,1H3. The van der Waals surface area contributed by atoms with Gasteiger partial charge in [-0.05, 0) is 49.9 Å². The van der Waals surface area contributed by atoms with Crippen molar-refractivity contribution in [2.24, 2.45) is 0 Å². The minimum Gasteiger partial charge on any atom is -0.214 e. The highest BCUT2D eigenvalue weighted by Gasteiger charge is 2.20. The summed E-state index contributed by atoms with van der Waals surface area (Å²) in [6.07, 6.45) is 4.13. The Kier molecular flexibility index (Phi) is 2.80. The fraction of sp³-hybridized carbons (Fsp3) is 0.455. The predicted molar refractivity (Wildman–Crippen MR) is 59.3 cm³/mol. The van der Waals surface area contributed by atoms with E-state index >= 15 is 0 Å². The smallest absolute Gasteiger partial charge is 0.214 e. The molecule has 1 N–H and O–H groups in total. The second-order valence-electron chi connectivity index (χ2n) is 3.81. The molecule has 0 fully saturated rings. The first-order chi connectivity index (χ1) is 7.15. The maximum atomic E-state index is 11.8. The zero-order valence-corrected chi connectivity index (χ0v) is 9.60. The van der Waals surface area contributed by atoms with Crippen LogP contribution in [0.2, 0.25) is 0 Å². The first-order valence-corrected chi connectivity index (χ1v) is 6.68. The zero-order chi connectivity index (χ0) is 10.9. The third kappa shape index (κ3) is 1.92. The van der Waals surface area contributed by atoms with Crippen molar-refractivity contribution in [2.75, 3.05) is 7.05 Å². The molecule has 0 bridgehead atoms. The van der Waals surface area contributed by atoms with Gasteiger partial charge in [-0.1, -0.05) is 12.1 Å². The van der Waals surface area contributed by atoms with Crippen LogP contribution in [0.5, 0.6) is 0 Å². The molecular formula is C11H15NO2S. The number of rotatable bonds is 2. The van der Waals surface area contributed by atoms with Crippen molar-refractivity contribution < 1.29 is 8.42 Å². The van der Waals surface area contributed by atoms with Crippen LogP contribution in [0.25, 0.3) is 0 Å². The third-order valence-electron chi connectivity index (χ3n) is 2.91. The lowest BCUT2D eigenvalue weighted by molar-refractivity contribution is 0.584. The van der Waals surface area contributed by atoms with Gasteiger partial charge in [0.25, 0.3) is 0 Å². The van der Waals surface area contributed by atoms with E-state index in [-0.39, 0.29) is 0 Å². The Hall–Kier alpha value is -0.870. The number of hydrogen-bond acceptors (Lipinski definition) is 2. The Balaban J connectivity index is 2.58. The topological polar surface area (TPSA) is 46.2 Å². The molecule has 0 radical (unpaired) electrons. The molecule has 3 nitrogen and oxygen atoms in total. The maximum Gasteiger partial charge on any atom is 0.240 e. The number of sulfonamides is 1. The molecule has 0 atom stereocenters. The Morgan fingerprint density at radius 2 is 1.93 bits per heavy atom. The molecule has 82 valence electrons. The van der Waals surface area contributed by atoms with Crippen LogP contribution in [0.1, 0.15) is 24.0 Å². The molecule has 0 aliphatic heterocycles. The van der Waals surface area contributed by atoms with E-state index in [0.29, 0.717) is 4.90 Å². The van der Waals surface area contributed by atoms with E-state index in [2.05, 4.69) is 4.72 Å². The van der Waals surface area contributed by atoms with Crippen LogP contribution in [0.3, 0.4) is 0 Å². The fourth-order valence-corrected chi connectivity index (χ4v) is 3.14. The Labute approximate surface area is 90.6 Å². The molecule has 0 heterocycles. The molecule has 0 amide bonds. The Morgan fingerprint density at radius 3 is 2.67 bits per heavy atom. The lowest BCUT2D eigenvalue weighted by Gasteiger charge is -2.18. The van der Waals surface area contributed by atoms with Crippen molar-refractivity contribution in [3.05, 3.63) is 29.3 Å². The van der Waals surface area contributed by atoms with Crippen molar-refractivity contribution in [2.45, 2.75) is 30.6 Å². The summed E-state index contributed by atoms with van der Waals surface area (Å²) in [5.74, 6) is 0. The van der Waals surface area contributed by atoms with Gasteiger partial charge < -0.3 is 0 Å². The van der Waals surface area contributed by atoms with Crippen molar-refractivity contribution in [1.29, 1.82) is 0 Å². The van der Waals surface area contributed by atoms with Gasteiger partial charge in [0, 0.05) is 0 Å². The molecule has 1 aliphatic rings. The summed E-state index contributed by atoms with van der Waals surface area (Å²) >= 11 is 0. The van der Waals surface area contributed by atoms with Gasteiger partial charge in [0.05, 0.1) is 4.90 Å². The molecule has 0 unspecified atom stereocenters. The minimum atomic E-state index is -3.29. The summed E-state index contributed by atoms with van der Waals surface area (Å²) in [4.78, 5) is 0.460. The van der Waals surface area contributed by atoms with Gasteiger partial charge in [0.15, 0.2) is 0 Å². The van der Waals surface area contributed by atoms with Gasteiger partial charge in [-0.15, -0.1) is 0 Å². The molecule has 15 heavy (non-hydrogen) atoms. The highest BCUT2D eigenvalue weighted by Crippen LogP contribution is 2.26. The van der Waals surface area contributed by atoms with E-state index in [9.17, 15) is 8.42 Å². The summed E-state index contributed by atoms with van der Waals surface area (Å²) in [5, 5.41) is 0. The Bertz CT molecular complexity index is 465. The molecule has 0 aromatic heterocycles. The lowest BCUT2D eigenvalue weighted by Crippen LogP contribution is -2.21. The van der Waals surface area contributed by atoms with E-state index in [1.54, 1.807) is 6.07 Å². The first-order valence-electron chi connectivity index (χ1n) is 5.19. The van der Waals surface area contributed by atoms with E-state index in [0.717, 1.165) is 31.2 Å². The van der Waals surface area contributed by atoms with E-state index in [1.807, 2.05) is 12.1 Å². The van der Waals surface area contributed by atoms with Gasteiger partial charge in [-0.3, -0.25) is 0 Å². The van der Waals surface area contributed by atoms with E-state index < -0.39 is 10.0 Å². The van der Waals surface area contributed by atoms with Gasteiger partial charge in [-0.2, -0.15) is 0 Å². The molecule has 0 spiro atoms. The monoisotopic (exact) mass is 225 g/mol. The van der Waals surface area contributed by atoms with Crippen molar-refractivity contribution in [3.63, 3.8) is 0 Å². The summed E-state index contributed by atoms with van der Waals surface area (Å²) in [7, 11) is -1.83. The van der Waals surface area contributed by atoms with Crippen LogP contribution < -0.4 is 4.72 Å². The van der Waals surface area contributed by atoms with E-state index in [1.165, 1.54) is 12.6 Å². The van der Waals surface area contributed by atoms with Gasteiger partial charge in [0.1, 0.15) is 0 Å². The average molecular weight is 225 g/mol. The summed E-state index contributed by atoms with van der Waals surface area (Å²) in [6.45, 7) is 0. The number of fused-ring (bicyclic) bond motifs is 1. The molecule has 1 aromatic carbocycles. The van der Waals surface area contributed by atoms with Crippen molar-refractivity contribution in [3.8, 4) is 0 Å². The molecule has 0 saturated heterocycles. The maximum absolute atomic E-state index is 11.8. The van der Waals surface area contributed by atoms with Gasteiger partial charge in [-0.25, -0.2) is 13.1 Å². The zero-order valence-electron chi connectivity index (χ0n) is 8.79. The normalized spacial score (nSPS) is 16.1. The third-order valence-corrected chi connectivity index (χ3v) is 4.41. The highest BCUT2D eigenvalue weighted by molar-refractivity contribution is 7.89. The summed E-state index contributed by atoms with van der Waals surface area (Å²) in [6, 6.07) is 5.55. The second kappa shape index (κ2) is 3.94. The Morgan fingerprint density at radius 1 is 1.20 bits per heavy atom. The minimum absolute atomic E-state index is 0.460. The van der Waals surface area contributed by atoms with Crippen molar-refractivity contribution in [1.82, 2.24) is 4.72 Å². The van der Waals surface area contributed by atoms with Crippen LogP contribution in [0.15, 0.2) is 23.1 Å². The fourth-order valence-electron chi connectivity index (χ4n) is 2.11. The van der Waals surface area contributed by atoms with Crippen LogP contribution in [0, 0.1) is 0 Å². The summed E-state index contributed by atoms with van der Waals surface area (Å²) in [5.41, 5.74) is 2.20. The number of benzene rings is 1. The van der Waals surface area contributed by atoms with Crippen LogP contribution in [-0.4, -0.2) is 15.5 Å². The summed E-state index contributed by atoms with van der Waals surface area (Å²) < 4.78 is 25.9. The van der Waals surface area contributed by atoms with Crippen molar-refractivity contribution >= 4 is 10.0 Å². The lowest BCUT2D eigenvalue weighted by atomic mass is 9.92. The van der Waals surface area contributed by atoms with E-state index in [4.69, 9.17) is 0 Å². The molecule has 2 rings (SSSR count). The number of aryl methyl sites for hydroxylation is 1. The SMILES string of the molecule is CNS(=O)(=O)c1cccc2c1CCCC2. The molecule has 1 aliphatic carbocycles. The number of hydrogen-bond donors (Lipinski definition) is 1. The van der Waals surface area contributed by atoms with Crippen LogP contribution in [0.4, 0.5) is 0 Å². The first kappa shape index (κ1) is 10.6. The van der Waals surface area contributed by atoms with Gasteiger partial charge in [0.2, 0.25) is 10.0 Å². The molecule has 4 heteroatoms.